The van der Waals surface area contributed by atoms with E-state index in [0.717, 1.165) is 0 Å². The van der Waals surface area contributed by atoms with E-state index in [1.807, 2.05) is 6.92 Å². The highest BCUT2D eigenvalue weighted by Gasteiger charge is 2.13. The smallest absolute Gasteiger partial charge is 0.257 e. The van der Waals surface area contributed by atoms with E-state index in [0.29, 0.717) is 18.4 Å². The molecule has 9 nitrogen and oxygen atoms in total. The van der Waals surface area contributed by atoms with Gasteiger partial charge >= 0.3 is 0 Å². The molecule has 0 aromatic carbocycles. The lowest BCUT2D eigenvalue weighted by atomic mass is 10.2. The van der Waals surface area contributed by atoms with Crippen molar-refractivity contribution in [2.75, 3.05) is 23.9 Å². The van der Waals surface area contributed by atoms with Crippen LogP contribution in [0.1, 0.15) is 6.92 Å². The minimum atomic E-state index is -0.140. The molecule has 0 aliphatic rings. The van der Waals surface area contributed by atoms with E-state index in [9.17, 15) is 0 Å². The zero-order valence-corrected chi connectivity index (χ0v) is 11.2. The Morgan fingerprint density at radius 1 is 1.50 bits per heavy atom. The molecule has 0 radical (unpaired) electrons. The molecular formula is C11H15N9. The number of aromatic nitrogens is 5. The molecule has 0 fully saturated rings. The normalized spacial score (nSPS) is 11.7. The average molecular weight is 273 g/mol. The number of anilines is 2. The van der Waals surface area contributed by atoms with E-state index in [2.05, 4.69) is 31.5 Å². The van der Waals surface area contributed by atoms with Gasteiger partial charge in [-0.15, -0.1) is 0 Å². The maximum Gasteiger partial charge on any atom is 0.257 e. The number of rotatable bonds is 5. The van der Waals surface area contributed by atoms with Crippen LogP contribution in [0.25, 0.3) is 5.95 Å². The van der Waals surface area contributed by atoms with Gasteiger partial charge in [0.25, 0.3) is 5.95 Å². The van der Waals surface area contributed by atoms with Crippen molar-refractivity contribution in [3.05, 3.63) is 18.5 Å². The zero-order chi connectivity index (χ0) is 14.5. The molecule has 1 unspecified atom stereocenters. The molecule has 0 aliphatic carbocycles. The SMILES string of the molecule is CC(C#N)CN(C)c1nc(NN)nc(-n2cccn2)n1. The fraction of sp³-hybridized carbons (Fsp3) is 0.364. The molecule has 1 atom stereocenters. The summed E-state index contributed by atoms with van der Waals surface area (Å²) in [5.74, 6) is 6.23. The summed E-state index contributed by atoms with van der Waals surface area (Å²) >= 11 is 0. The van der Waals surface area contributed by atoms with E-state index in [4.69, 9.17) is 11.1 Å². The van der Waals surface area contributed by atoms with Gasteiger partial charge in [0.15, 0.2) is 0 Å². The molecule has 2 heterocycles. The third-order valence-corrected chi connectivity index (χ3v) is 2.56. The Hall–Kier alpha value is -2.73. The van der Waals surface area contributed by atoms with Crippen molar-refractivity contribution in [3.63, 3.8) is 0 Å². The number of hydrogen-bond acceptors (Lipinski definition) is 8. The number of nitrogens with zero attached hydrogens (tertiary/aromatic N) is 7. The number of nitrogens with two attached hydrogens (primary N) is 1. The molecule has 0 spiro atoms. The Morgan fingerprint density at radius 3 is 2.90 bits per heavy atom. The van der Waals surface area contributed by atoms with Crippen molar-refractivity contribution in [1.82, 2.24) is 24.7 Å². The maximum absolute atomic E-state index is 8.86. The topological polar surface area (TPSA) is 122 Å². The van der Waals surface area contributed by atoms with Gasteiger partial charge in [0.05, 0.1) is 12.0 Å². The molecule has 9 heteroatoms. The van der Waals surface area contributed by atoms with Crippen LogP contribution in [0.4, 0.5) is 11.9 Å². The highest BCUT2D eigenvalue weighted by atomic mass is 15.4. The molecule has 0 saturated heterocycles. The molecule has 0 bridgehead atoms. The molecule has 2 rings (SSSR count). The summed E-state index contributed by atoms with van der Waals surface area (Å²) in [6.07, 6.45) is 3.35. The largest absolute Gasteiger partial charge is 0.342 e. The van der Waals surface area contributed by atoms with Gasteiger partial charge in [0, 0.05) is 26.0 Å². The van der Waals surface area contributed by atoms with Gasteiger partial charge in [-0.25, -0.2) is 10.5 Å². The van der Waals surface area contributed by atoms with Crippen molar-refractivity contribution < 1.29 is 0 Å². The second kappa shape index (κ2) is 5.94. The van der Waals surface area contributed by atoms with Crippen LogP contribution >= 0.6 is 0 Å². The van der Waals surface area contributed by atoms with E-state index >= 15 is 0 Å². The highest BCUT2D eigenvalue weighted by molar-refractivity contribution is 5.38. The molecule has 0 aliphatic heterocycles. The van der Waals surface area contributed by atoms with Gasteiger partial charge in [0.1, 0.15) is 0 Å². The predicted octanol–water partition coefficient (Wildman–Crippen LogP) is -0.0612. The minimum Gasteiger partial charge on any atom is -0.342 e. The summed E-state index contributed by atoms with van der Waals surface area (Å²) in [5.41, 5.74) is 2.40. The van der Waals surface area contributed by atoms with Crippen LogP contribution in [0.5, 0.6) is 0 Å². The Kier molecular flexibility index (Phi) is 4.07. The van der Waals surface area contributed by atoms with Crippen LogP contribution in [0.15, 0.2) is 18.5 Å². The summed E-state index contributed by atoms with van der Waals surface area (Å²) in [6.45, 7) is 2.33. The summed E-state index contributed by atoms with van der Waals surface area (Å²) in [4.78, 5) is 14.4. The molecule has 3 N–H and O–H groups in total. The van der Waals surface area contributed by atoms with E-state index in [-0.39, 0.29) is 11.9 Å². The van der Waals surface area contributed by atoms with Gasteiger partial charge in [-0.2, -0.15) is 25.3 Å². The average Bonchev–Trinajstić information content (AvgIpc) is 3.00. The minimum absolute atomic E-state index is 0.140. The van der Waals surface area contributed by atoms with Gasteiger partial charge in [0.2, 0.25) is 11.9 Å². The predicted molar refractivity (Wildman–Crippen MR) is 72.8 cm³/mol. The van der Waals surface area contributed by atoms with Crippen molar-refractivity contribution in [1.29, 1.82) is 5.26 Å². The fourth-order valence-corrected chi connectivity index (χ4v) is 1.61. The highest BCUT2D eigenvalue weighted by Crippen LogP contribution is 2.12. The molecule has 0 saturated carbocycles. The third-order valence-electron chi connectivity index (χ3n) is 2.56. The van der Waals surface area contributed by atoms with Gasteiger partial charge in [-0.3, -0.25) is 5.43 Å². The number of nitrogens with one attached hydrogen (secondary N) is 1. The van der Waals surface area contributed by atoms with Crippen LogP contribution in [-0.4, -0.2) is 38.3 Å². The lowest BCUT2D eigenvalue weighted by Gasteiger charge is -2.18. The molecule has 2 aromatic heterocycles. The van der Waals surface area contributed by atoms with Gasteiger partial charge in [-0.1, -0.05) is 0 Å². The van der Waals surface area contributed by atoms with Crippen molar-refractivity contribution in [3.8, 4) is 12.0 Å². The lowest BCUT2D eigenvalue weighted by molar-refractivity contribution is 0.694. The maximum atomic E-state index is 8.86. The molecule has 20 heavy (non-hydrogen) atoms. The lowest BCUT2D eigenvalue weighted by Crippen LogP contribution is -2.27. The van der Waals surface area contributed by atoms with Crippen molar-refractivity contribution >= 4 is 11.9 Å². The first-order chi connectivity index (χ1) is 9.63. The Labute approximate surface area is 116 Å². The van der Waals surface area contributed by atoms with E-state index in [1.165, 1.54) is 4.68 Å². The monoisotopic (exact) mass is 273 g/mol. The van der Waals surface area contributed by atoms with Crippen molar-refractivity contribution in [2.45, 2.75) is 6.92 Å². The first-order valence-corrected chi connectivity index (χ1v) is 5.97. The summed E-state index contributed by atoms with van der Waals surface area (Å²) < 4.78 is 1.51. The first-order valence-electron chi connectivity index (χ1n) is 5.97. The second-order valence-corrected chi connectivity index (χ2v) is 4.26. The van der Waals surface area contributed by atoms with Crippen LogP contribution in [0, 0.1) is 17.2 Å². The fourth-order valence-electron chi connectivity index (χ4n) is 1.61. The molecule has 2 aromatic rings. The standard InChI is InChI=1S/C11H15N9/c1-8(6-12)7-19(2)10-15-9(18-13)16-11(17-10)20-5-3-4-14-20/h3-5,8H,7,13H2,1-2H3,(H,15,16,17,18). The first kappa shape index (κ1) is 13.7. The molecule has 0 amide bonds. The third kappa shape index (κ3) is 2.99. The van der Waals surface area contributed by atoms with Gasteiger partial charge < -0.3 is 4.90 Å². The Bertz CT molecular complexity index is 601. The Balaban J connectivity index is 2.34. The number of hydrogen-bond donors (Lipinski definition) is 2. The van der Waals surface area contributed by atoms with E-state index in [1.54, 1.807) is 30.4 Å². The summed E-state index contributed by atoms with van der Waals surface area (Å²) in [5, 5.41) is 12.9. The number of nitriles is 1. The summed E-state index contributed by atoms with van der Waals surface area (Å²) in [6, 6.07) is 3.93. The van der Waals surface area contributed by atoms with Crippen LogP contribution in [0.3, 0.4) is 0 Å². The second-order valence-electron chi connectivity index (χ2n) is 4.26. The molecular weight excluding hydrogens is 258 g/mol. The van der Waals surface area contributed by atoms with Crippen LogP contribution in [0.2, 0.25) is 0 Å². The quantitative estimate of drug-likeness (QED) is 0.574. The zero-order valence-electron chi connectivity index (χ0n) is 11.2. The van der Waals surface area contributed by atoms with Crippen LogP contribution < -0.4 is 16.2 Å². The van der Waals surface area contributed by atoms with Gasteiger partial charge in [-0.05, 0) is 13.0 Å². The number of nitrogen functional groups attached to an aromatic ring is 1. The van der Waals surface area contributed by atoms with Crippen molar-refractivity contribution in [2.24, 2.45) is 11.8 Å². The van der Waals surface area contributed by atoms with Crippen LogP contribution in [-0.2, 0) is 0 Å². The van der Waals surface area contributed by atoms with E-state index < -0.39 is 0 Å². The Morgan fingerprint density at radius 2 is 2.30 bits per heavy atom. The molecule has 104 valence electrons. The summed E-state index contributed by atoms with van der Waals surface area (Å²) in [7, 11) is 1.80. The number of hydrazine groups is 1.